The second-order valence-corrected chi connectivity index (χ2v) is 6.00. The largest absolute Gasteiger partial charge is 0.284 e. The van der Waals surface area contributed by atoms with Crippen LogP contribution < -0.4 is 4.89 Å². The van der Waals surface area contributed by atoms with Crippen LogP contribution in [-0.2, 0) is 14.9 Å². The van der Waals surface area contributed by atoms with E-state index in [1.165, 1.54) is 0 Å². The van der Waals surface area contributed by atoms with Crippen molar-refractivity contribution in [3.8, 4) is 0 Å². The third-order valence-electron chi connectivity index (χ3n) is 2.44. The van der Waals surface area contributed by atoms with Crippen molar-refractivity contribution in [2.45, 2.75) is 44.6 Å². The fourth-order valence-corrected chi connectivity index (χ4v) is 2.71. The van der Waals surface area contributed by atoms with Crippen LogP contribution in [0, 0.1) is 0 Å². The van der Waals surface area contributed by atoms with Gasteiger partial charge in [0.2, 0.25) is 10.0 Å². The van der Waals surface area contributed by atoms with Crippen molar-refractivity contribution in [1.82, 2.24) is 4.89 Å². The lowest BCUT2D eigenvalue weighted by molar-refractivity contribution is 0.0223. The summed E-state index contributed by atoms with van der Waals surface area (Å²) in [5.74, 6) is 0.589. The molecule has 0 amide bonds. The normalized spacial score (nSPS) is 18.5. The van der Waals surface area contributed by atoms with Crippen molar-refractivity contribution in [2.75, 3.05) is 11.6 Å². The smallest absolute Gasteiger partial charge is 0.233 e. The van der Waals surface area contributed by atoms with Gasteiger partial charge in [0.1, 0.15) is 0 Å². The molecule has 4 nitrogen and oxygen atoms in total. The van der Waals surface area contributed by atoms with E-state index in [-0.39, 0.29) is 11.9 Å². The minimum Gasteiger partial charge on any atom is -0.284 e. The molecule has 0 unspecified atom stereocenters. The minimum atomic E-state index is -3.27. The molecule has 1 fully saturated rings. The zero-order valence-corrected chi connectivity index (χ0v) is 10.3. The van der Waals surface area contributed by atoms with E-state index >= 15 is 0 Å². The number of hydrogen-bond acceptors (Lipinski definition) is 3. The van der Waals surface area contributed by atoms with Crippen molar-refractivity contribution in [2.24, 2.45) is 0 Å². The Balaban J connectivity index is 2.17. The fourth-order valence-electron chi connectivity index (χ4n) is 1.58. The molecule has 1 N–H and O–H groups in total. The molecule has 0 radical (unpaired) electrons. The molecule has 1 rings (SSSR count). The lowest BCUT2D eigenvalue weighted by Gasteiger charge is -2.11. The van der Waals surface area contributed by atoms with Crippen molar-refractivity contribution >= 4 is 21.6 Å². The highest BCUT2D eigenvalue weighted by molar-refractivity contribution is 7.89. The Bertz CT molecular complexity index is 263. The zero-order chi connectivity index (χ0) is 11.1. The summed E-state index contributed by atoms with van der Waals surface area (Å²) in [6.45, 7) is 0. The van der Waals surface area contributed by atoms with Crippen LogP contribution in [0.2, 0.25) is 0 Å². The number of alkyl halides is 1. The van der Waals surface area contributed by atoms with Crippen LogP contribution in [0.3, 0.4) is 0 Å². The molecule has 0 heterocycles. The Labute approximate surface area is 96.3 Å². The summed E-state index contributed by atoms with van der Waals surface area (Å²) in [6, 6.07) is 0. The second-order valence-electron chi connectivity index (χ2n) is 3.82. The Morgan fingerprint density at radius 1 is 1.27 bits per heavy atom. The number of sulfonamides is 1. The van der Waals surface area contributed by atoms with Gasteiger partial charge < -0.3 is 0 Å². The van der Waals surface area contributed by atoms with Crippen LogP contribution in [0.5, 0.6) is 0 Å². The maximum absolute atomic E-state index is 11.4. The number of halogens is 1. The summed E-state index contributed by atoms with van der Waals surface area (Å²) in [5, 5.41) is 0. The molecule has 0 aromatic heterocycles. The number of hydrogen-bond donors (Lipinski definition) is 1. The van der Waals surface area contributed by atoms with Crippen LogP contribution in [-0.4, -0.2) is 26.2 Å². The van der Waals surface area contributed by atoms with Crippen LogP contribution in [0.1, 0.15) is 38.5 Å². The van der Waals surface area contributed by atoms with E-state index in [1.54, 1.807) is 0 Å². The van der Waals surface area contributed by atoms with Gasteiger partial charge in [0, 0.05) is 5.88 Å². The lowest BCUT2D eigenvalue weighted by atomic mass is 10.3. The Morgan fingerprint density at radius 3 is 2.53 bits per heavy atom. The van der Waals surface area contributed by atoms with E-state index in [1.807, 2.05) is 0 Å². The van der Waals surface area contributed by atoms with Gasteiger partial charge in [-0.3, -0.25) is 4.84 Å². The van der Waals surface area contributed by atoms with Gasteiger partial charge in [0.05, 0.1) is 11.9 Å². The van der Waals surface area contributed by atoms with Crippen molar-refractivity contribution in [3.05, 3.63) is 0 Å². The molecule has 1 saturated carbocycles. The predicted molar refractivity (Wildman–Crippen MR) is 60.2 cm³/mol. The standard InChI is InChI=1S/C9H18ClNO3S/c10-7-3-4-8-15(12,13)11-14-9-5-1-2-6-9/h9,11H,1-8H2. The second kappa shape index (κ2) is 6.68. The van der Waals surface area contributed by atoms with E-state index in [9.17, 15) is 8.42 Å². The van der Waals surface area contributed by atoms with Crippen LogP contribution in [0.15, 0.2) is 0 Å². The monoisotopic (exact) mass is 255 g/mol. The van der Waals surface area contributed by atoms with Gasteiger partial charge in [-0.15, -0.1) is 11.6 Å². The molecule has 0 aliphatic heterocycles. The Morgan fingerprint density at radius 2 is 1.93 bits per heavy atom. The maximum Gasteiger partial charge on any atom is 0.233 e. The molecule has 0 bridgehead atoms. The first-order valence-electron chi connectivity index (χ1n) is 5.35. The van der Waals surface area contributed by atoms with Gasteiger partial charge in [-0.25, -0.2) is 8.42 Å². The summed E-state index contributed by atoms with van der Waals surface area (Å²) in [5.41, 5.74) is 0. The maximum atomic E-state index is 11.4. The first-order valence-corrected chi connectivity index (χ1v) is 7.54. The average molecular weight is 256 g/mol. The molecule has 1 aliphatic carbocycles. The molecular weight excluding hydrogens is 238 g/mol. The van der Waals surface area contributed by atoms with Gasteiger partial charge in [0.25, 0.3) is 0 Å². The van der Waals surface area contributed by atoms with E-state index in [2.05, 4.69) is 4.89 Å². The molecule has 0 aromatic carbocycles. The molecule has 0 saturated heterocycles. The van der Waals surface area contributed by atoms with Gasteiger partial charge >= 0.3 is 0 Å². The highest BCUT2D eigenvalue weighted by Crippen LogP contribution is 2.20. The van der Waals surface area contributed by atoms with E-state index in [0.29, 0.717) is 18.7 Å². The van der Waals surface area contributed by atoms with Crippen LogP contribution >= 0.6 is 11.6 Å². The molecule has 6 heteroatoms. The van der Waals surface area contributed by atoms with E-state index in [4.69, 9.17) is 16.4 Å². The minimum absolute atomic E-state index is 0.0628. The molecule has 0 spiro atoms. The highest BCUT2D eigenvalue weighted by atomic mass is 35.5. The van der Waals surface area contributed by atoms with Crippen LogP contribution in [0.25, 0.3) is 0 Å². The molecule has 0 aromatic rings. The van der Waals surface area contributed by atoms with Gasteiger partial charge in [-0.05, 0) is 25.7 Å². The predicted octanol–water partition coefficient (Wildman–Crippen LogP) is 1.80. The molecule has 15 heavy (non-hydrogen) atoms. The quantitative estimate of drug-likeness (QED) is 0.429. The SMILES string of the molecule is O=S(=O)(CCCCCl)NOC1CCCC1. The summed E-state index contributed by atoms with van der Waals surface area (Å²) in [6.07, 6.45) is 5.50. The molecule has 90 valence electrons. The van der Waals surface area contributed by atoms with Crippen LogP contribution in [0.4, 0.5) is 0 Å². The number of unbranched alkanes of at least 4 members (excludes halogenated alkanes) is 1. The summed E-state index contributed by atoms with van der Waals surface area (Å²) in [4.78, 5) is 7.32. The van der Waals surface area contributed by atoms with Crippen molar-refractivity contribution in [3.63, 3.8) is 0 Å². The third-order valence-corrected chi connectivity index (χ3v) is 3.88. The molecule has 1 aliphatic rings. The zero-order valence-electron chi connectivity index (χ0n) is 8.75. The van der Waals surface area contributed by atoms with Crippen molar-refractivity contribution in [1.29, 1.82) is 0 Å². The first kappa shape index (κ1) is 13.2. The topological polar surface area (TPSA) is 55.4 Å². The number of nitrogens with one attached hydrogen (secondary N) is 1. The summed E-state index contributed by atoms with van der Waals surface area (Å²) < 4.78 is 22.8. The third kappa shape index (κ3) is 5.70. The van der Waals surface area contributed by atoms with Crippen molar-refractivity contribution < 1.29 is 13.3 Å². The first-order chi connectivity index (χ1) is 7.14. The average Bonchev–Trinajstić information content (AvgIpc) is 2.68. The molecular formula is C9H18ClNO3S. The van der Waals surface area contributed by atoms with Gasteiger partial charge in [0.15, 0.2) is 0 Å². The Hall–Kier alpha value is 0.160. The molecule has 0 atom stereocenters. The number of rotatable bonds is 7. The highest BCUT2D eigenvalue weighted by Gasteiger charge is 2.18. The summed E-state index contributed by atoms with van der Waals surface area (Å²) >= 11 is 5.46. The van der Waals surface area contributed by atoms with E-state index < -0.39 is 10.0 Å². The lowest BCUT2D eigenvalue weighted by Crippen LogP contribution is -2.30. The Kier molecular flexibility index (Phi) is 5.89. The van der Waals surface area contributed by atoms with Gasteiger partial charge in [-0.2, -0.15) is 0 Å². The summed E-state index contributed by atoms with van der Waals surface area (Å²) in [7, 11) is -3.27. The van der Waals surface area contributed by atoms with Gasteiger partial charge in [-0.1, -0.05) is 17.7 Å². The van der Waals surface area contributed by atoms with E-state index in [0.717, 1.165) is 25.7 Å². The fraction of sp³-hybridized carbons (Fsp3) is 1.00.